The molecule has 1 atom stereocenters. The number of ether oxygens (including phenoxy) is 2. The maximum atomic E-state index is 5.48. The van der Waals surface area contributed by atoms with Gasteiger partial charge in [0.05, 0.1) is 13.2 Å². The first-order valence-corrected chi connectivity index (χ1v) is 5.99. The highest BCUT2D eigenvalue weighted by molar-refractivity contribution is 4.65. The molecule has 0 heterocycles. The minimum Gasteiger partial charge on any atom is -0.382 e. The van der Waals surface area contributed by atoms with Gasteiger partial charge in [-0.1, -0.05) is 20.8 Å². The molecule has 3 heteroatoms. The number of rotatable bonds is 10. The molecule has 92 valence electrons. The van der Waals surface area contributed by atoms with E-state index in [0.29, 0.717) is 19.1 Å². The van der Waals surface area contributed by atoms with E-state index in [-0.39, 0.29) is 0 Å². The maximum Gasteiger partial charge on any atom is 0.0700 e. The average Bonchev–Trinajstić information content (AvgIpc) is 2.21. The molecule has 0 aliphatic rings. The van der Waals surface area contributed by atoms with Crippen LogP contribution in [0, 0.1) is 11.8 Å². The van der Waals surface area contributed by atoms with Gasteiger partial charge < -0.3 is 14.8 Å². The molecular weight excluding hydrogens is 190 g/mol. The lowest BCUT2D eigenvalue weighted by Gasteiger charge is -2.20. The van der Waals surface area contributed by atoms with Crippen molar-refractivity contribution >= 4 is 0 Å². The van der Waals surface area contributed by atoms with Gasteiger partial charge in [0.25, 0.3) is 0 Å². The second kappa shape index (κ2) is 10.4. The Kier molecular flexibility index (Phi) is 10.3. The van der Waals surface area contributed by atoms with Crippen LogP contribution in [0.25, 0.3) is 0 Å². The van der Waals surface area contributed by atoms with Crippen LogP contribution in [0.5, 0.6) is 0 Å². The molecule has 0 aromatic carbocycles. The summed E-state index contributed by atoms with van der Waals surface area (Å²) in [5.41, 5.74) is 0. The van der Waals surface area contributed by atoms with E-state index in [1.165, 1.54) is 0 Å². The molecule has 0 radical (unpaired) electrons. The van der Waals surface area contributed by atoms with Crippen LogP contribution in [0.15, 0.2) is 0 Å². The Morgan fingerprint density at radius 3 is 2.40 bits per heavy atom. The van der Waals surface area contributed by atoms with Gasteiger partial charge in [-0.2, -0.15) is 0 Å². The van der Waals surface area contributed by atoms with Crippen LogP contribution in [0.1, 0.15) is 27.2 Å². The fourth-order valence-corrected chi connectivity index (χ4v) is 1.48. The Bertz CT molecular complexity index is 129. The third kappa shape index (κ3) is 8.85. The highest BCUT2D eigenvalue weighted by atomic mass is 16.5. The number of methoxy groups -OCH3 is 1. The van der Waals surface area contributed by atoms with Crippen LogP contribution < -0.4 is 5.32 Å². The Balaban J connectivity index is 3.48. The zero-order valence-corrected chi connectivity index (χ0v) is 10.7. The minimum atomic E-state index is 0.694. The lowest BCUT2D eigenvalue weighted by atomic mass is 9.93. The molecule has 0 saturated carbocycles. The summed E-state index contributed by atoms with van der Waals surface area (Å²) in [5.74, 6) is 1.43. The van der Waals surface area contributed by atoms with Crippen molar-refractivity contribution in [3.05, 3.63) is 0 Å². The van der Waals surface area contributed by atoms with Gasteiger partial charge in [0.1, 0.15) is 0 Å². The highest BCUT2D eigenvalue weighted by Crippen LogP contribution is 2.14. The van der Waals surface area contributed by atoms with Crippen molar-refractivity contribution in [3.8, 4) is 0 Å². The molecule has 0 aliphatic carbocycles. The van der Waals surface area contributed by atoms with E-state index >= 15 is 0 Å². The molecule has 0 aromatic rings. The summed E-state index contributed by atoms with van der Waals surface area (Å²) in [5, 5.41) is 3.40. The van der Waals surface area contributed by atoms with Crippen molar-refractivity contribution in [1.82, 2.24) is 5.32 Å². The van der Waals surface area contributed by atoms with Gasteiger partial charge in [0, 0.05) is 13.7 Å². The van der Waals surface area contributed by atoms with E-state index in [9.17, 15) is 0 Å². The van der Waals surface area contributed by atoms with Crippen molar-refractivity contribution in [3.63, 3.8) is 0 Å². The van der Waals surface area contributed by atoms with E-state index in [4.69, 9.17) is 9.47 Å². The van der Waals surface area contributed by atoms with E-state index in [1.54, 1.807) is 7.11 Å². The Morgan fingerprint density at radius 2 is 1.87 bits per heavy atom. The third-order valence-electron chi connectivity index (χ3n) is 2.66. The van der Waals surface area contributed by atoms with Gasteiger partial charge in [0.15, 0.2) is 0 Å². The second-order valence-electron chi connectivity index (χ2n) is 4.21. The first-order chi connectivity index (χ1) is 7.22. The summed E-state index contributed by atoms with van der Waals surface area (Å²) in [6.45, 7) is 11.1. The van der Waals surface area contributed by atoms with Crippen molar-refractivity contribution in [2.45, 2.75) is 27.2 Å². The molecule has 3 nitrogen and oxygen atoms in total. The zero-order chi connectivity index (χ0) is 11.5. The normalized spacial score (nSPS) is 13.4. The largest absolute Gasteiger partial charge is 0.382 e. The fourth-order valence-electron chi connectivity index (χ4n) is 1.48. The van der Waals surface area contributed by atoms with Crippen LogP contribution in [0.3, 0.4) is 0 Å². The molecule has 0 aliphatic heterocycles. The predicted molar refractivity (Wildman–Crippen MR) is 64.2 cm³/mol. The fraction of sp³-hybridized carbons (Fsp3) is 1.00. The number of hydrogen-bond donors (Lipinski definition) is 1. The third-order valence-corrected chi connectivity index (χ3v) is 2.66. The molecule has 1 N–H and O–H groups in total. The first kappa shape index (κ1) is 14.9. The summed E-state index contributed by atoms with van der Waals surface area (Å²) < 4.78 is 10.4. The standard InChI is InChI=1S/C12H27NO2/c1-5-13-10-12(11(2)3)6-7-15-9-8-14-4/h11-13H,5-10H2,1-4H3. The van der Waals surface area contributed by atoms with E-state index in [2.05, 4.69) is 26.1 Å². The molecule has 0 bridgehead atoms. The van der Waals surface area contributed by atoms with Crippen molar-refractivity contribution < 1.29 is 9.47 Å². The summed E-state index contributed by atoms with van der Waals surface area (Å²) in [6.07, 6.45) is 1.13. The van der Waals surface area contributed by atoms with Crippen LogP contribution in [-0.2, 0) is 9.47 Å². The monoisotopic (exact) mass is 217 g/mol. The quantitative estimate of drug-likeness (QED) is 0.567. The molecule has 0 spiro atoms. The molecule has 0 rings (SSSR count). The maximum absolute atomic E-state index is 5.48. The molecule has 0 aromatic heterocycles. The number of hydrogen-bond acceptors (Lipinski definition) is 3. The van der Waals surface area contributed by atoms with E-state index in [1.807, 2.05) is 0 Å². The Hall–Kier alpha value is -0.120. The van der Waals surface area contributed by atoms with Gasteiger partial charge in [-0.15, -0.1) is 0 Å². The van der Waals surface area contributed by atoms with E-state index < -0.39 is 0 Å². The van der Waals surface area contributed by atoms with Gasteiger partial charge in [-0.25, -0.2) is 0 Å². The zero-order valence-electron chi connectivity index (χ0n) is 10.7. The summed E-state index contributed by atoms with van der Waals surface area (Å²) in [6, 6.07) is 0. The van der Waals surface area contributed by atoms with Gasteiger partial charge in [0.2, 0.25) is 0 Å². The van der Waals surface area contributed by atoms with Crippen molar-refractivity contribution in [2.75, 3.05) is 40.0 Å². The molecule has 0 fully saturated rings. The van der Waals surface area contributed by atoms with Gasteiger partial charge in [-0.05, 0) is 31.3 Å². The van der Waals surface area contributed by atoms with E-state index in [0.717, 1.165) is 32.0 Å². The van der Waals surface area contributed by atoms with Crippen LogP contribution >= 0.6 is 0 Å². The second-order valence-corrected chi connectivity index (χ2v) is 4.21. The molecule has 15 heavy (non-hydrogen) atoms. The molecular formula is C12H27NO2. The Morgan fingerprint density at radius 1 is 1.13 bits per heavy atom. The summed E-state index contributed by atoms with van der Waals surface area (Å²) in [4.78, 5) is 0. The SMILES string of the molecule is CCNCC(CCOCCOC)C(C)C. The predicted octanol–water partition coefficient (Wildman–Crippen LogP) is 1.92. The number of nitrogens with one attached hydrogen (secondary N) is 1. The topological polar surface area (TPSA) is 30.5 Å². The van der Waals surface area contributed by atoms with Crippen LogP contribution in [0.2, 0.25) is 0 Å². The van der Waals surface area contributed by atoms with Crippen LogP contribution in [-0.4, -0.2) is 40.0 Å². The van der Waals surface area contributed by atoms with Crippen LogP contribution in [0.4, 0.5) is 0 Å². The van der Waals surface area contributed by atoms with Crippen molar-refractivity contribution in [1.29, 1.82) is 0 Å². The summed E-state index contributed by atoms with van der Waals surface area (Å²) in [7, 11) is 1.70. The van der Waals surface area contributed by atoms with Crippen molar-refractivity contribution in [2.24, 2.45) is 11.8 Å². The molecule has 1 unspecified atom stereocenters. The lowest BCUT2D eigenvalue weighted by molar-refractivity contribution is 0.0606. The Labute approximate surface area is 94.5 Å². The van der Waals surface area contributed by atoms with Gasteiger partial charge in [-0.3, -0.25) is 0 Å². The average molecular weight is 217 g/mol. The first-order valence-electron chi connectivity index (χ1n) is 5.99. The smallest absolute Gasteiger partial charge is 0.0700 e. The lowest BCUT2D eigenvalue weighted by Crippen LogP contribution is -2.27. The molecule has 0 saturated heterocycles. The highest BCUT2D eigenvalue weighted by Gasteiger charge is 2.12. The summed E-state index contributed by atoms with van der Waals surface area (Å²) >= 11 is 0. The minimum absolute atomic E-state index is 0.694. The molecule has 0 amide bonds. The van der Waals surface area contributed by atoms with Gasteiger partial charge >= 0.3 is 0 Å².